The number of ether oxygens (including phenoxy) is 1. The molecule has 0 unspecified atom stereocenters. The highest BCUT2D eigenvalue weighted by Crippen LogP contribution is 2.28. The van der Waals surface area contributed by atoms with Gasteiger partial charge in [0.1, 0.15) is 12.4 Å². The molecule has 0 fully saturated rings. The lowest BCUT2D eigenvalue weighted by atomic mass is 10.2. The molecule has 1 N–H and O–H groups in total. The van der Waals surface area contributed by atoms with Gasteiger partial charge in [-0.25, -0.2) is 4.79 Å². The van der Waals surface area contributed by atoms with E-state index in [0.717, 1.165) is 16.2 Å². The lowest BCUT2D eigenvalue weighted by Gasteiger charge is -2.10. The van der Waals surface area contributed by atoms with Crippen molar-refractivity contribution in [3.05, 3.63) is 63.4 Å². The highest BCUT2D eigenvalue weighted by Gasteiger charge is 2.07. The van der Waals surface area contributed by atoms with E-state index in [0.29, 0.717) is 16.3 Å². The van der Waals surface area contributed by atoms with Crippen molar-refractivity contribution in [3.63, 3.8) is 0 Å². The molecule has 6 heteroatoms. The summed E-state index contributed by atoms with van der Waals surface area (Å²) in [6, 6.07) is 8.85. The second kappa shape index (κ2) is 7.24. The van der Waals surface area contributed by atoms with Crippen LogP contribution in [0.25, 0.3) is 6.08 Å². The van der Waals surface area contributed by atoms with Crippen molar-refractivity contribution in [2.24, 2.45) is 0 Å². The first-order valence-electron chi connectivity index (χ1n) is 5.99. The number of nitrogens with zero attached hydrogens (tertiary/aromatic N) is 1. The van der Waals surface area contributed by atoms with Crippen LogP contribution in [-0.2, 0) is 11.4 Å². The molecule has 0 aliphatic heterocycles. The minimum Gasteiger partial charge on any atom is -0.487 e. The average molecular weight is 369 g/mol. The van der Waals surface area contributed by atoms with Crippen LogP contribution in [0.1, 0.15) is 11.3 Å². The van der Waals surface area contributed by atoms with Crippen LogP contribution >= 0.6 is 27.5 Å². The lowest BCUT2D eigenvalue weighted by Crippen LogP contribution is -1.99. The van der Waals surface area contributed by atoms with E-state index in [1.54, 1.807) is 24.4 Å². The third-order valence-electron chi connectivity index (χ3n) is 2.57. The molecule has 0 aliphatic rings. The van der Waals surface area contributed by atoms with Crippen molar-refractivity contribution in [2.45, 2.75) is 6.61 Å². The number of pyridine rings is 1. The van der Waals surface area contributed by atoms with Crippen molar-refractivity contribution < 1.29 is 14.6 Å². The van der Waals surface area contributed by atoms with E-state index in [2.05, 4.69) is 20.9 Å². The SMILES string of the molecule is O=C(O)/C=C/c1c(Cl)cccc1OCc1ccc(Br)cn1. The second-order valence-electron chi connectivity index (χ2n) is 4.08. The van der Waals surface area contributed by atoms with Gasteiger partial charge in [-0.1, -0.05) is 17.7 Å². The van der Waals surface area contributed by atoms with Crippen molar-refractivity contribution in [2.75, 3.05) is 0 Å². The molecule has 0 amide bonds. The number of aliphatic carboxylic acids is 1. The monoisotopic (exact) mass is 367 g/mol. The molecule has 2 aromatic rings. The Hall–Kier alpha value is -1.85. The number of hydrogen-bond donors (Lipinski definition) is 1. The maximum absolute atomic E-state index is 10.6. The fourth-order valence-corrected chi connectivity index (χ4v) is 2.07. The average Bonchev–Trinajstić information content (AvgIpc) is 2.45. The quantitative estimate of drug-likeness (QED) is 0.805. The normalized spacial score (nSPS) is 10.8. The number of benzene rings is 1. The maximum Gasteiger partial charge on any atom is 0.328 e. The first-order chi connectivity index (χ1) is 10.1. The Balaban J connectivity index is 2.17. The van der Waals surface area contributed by atoms with Gasteiger partial charge in [0.2, 0.25) is 0 Å². The molecule has 4 nitrogen and oxygen atoms in total. The largest absolute Gasteiger partial charge is 0.487 e. The van der Waals surface area contributed by atoms with Crippen LogP contribution in [0, 0.1) is 0 Å². The Morgan fingerprint density at radius 3 is 2.86 bits per heavy atom. The summed E-state index contributed by atoms with van der Waals surface area (Å²) < 4.78 is 6.56. The van der Waals surface area contributed by atoms with E-state index in [4.69, 9.17) is 21.4 Å². The Morgan fingerprint density at radius 1 is 1.38 bits per heavy atom. The zero-order valence-electron chi connectivity index (χ0n) is 10.8. The summed E-state index contributed by atoms with van der Waals surface area (Å²) in [7, 11) is 0. The number of rotatable bonds is 5. The van der Waals surface area contributed by atoms with Crippen LogP contribution in [0.3, 0.4) is 0 Å². The van der Waals surface area contributed by atoms with Crippen molar-refractivity contribution in [1.29, 1.82) is 0 Å². The summed E-state index contributed by atoms with van der Waals surface area (Å²) in [4.78, 5) is 14.8. The molecule has 108 valence electrons. The van der Waals surface area contributed by atoms with Crippen LogP contribution in [0.2, 0.25) is 5.02 Å². The molecule has 1 aromatic heterocycles. The van der Waals surface area contributed by atoms with Gasteiger partial charge in [0, 0.05) is 22.3 Å². The van der Waals surface area contributed by atoms with E-state index in [9.17, 15) is 4.79 Å². The van der Waals surface area contributed by atoms with Gasteiger partial charge in [-0.3, -0.25) is 4.98 Å². The number of carboxylic acids is 1. The topological polar surface area (TPSA) is 59.4 Å². The Bertz CT molecular complexity index is 671. The summed E-state index contributed by atoms with van der Waals surface area (Å²) in [5, 5.41) is 9.13. The zero-order chi connectivity index (χ0) is 15.2. The number of halogens is 2. The van der Waals surface area contributed by atoms with Crippen molar-refractivity contribution in [1.82, 2.24) is 4.98 Å². The van der Waals surface area contributed by atoms with Gasteiger partial charge in [-0.05, 0) is 46.3 Å². The maximum atomic E-state index is 10.6. The van der Waals surface area contributed by atoms with E-state index in [1.807, 2.05) is 12.1 Å². The van der Waals surface area contributed by atoms with Gasteiger partial charge in [0.25, 0.3) is 0 Å². The third-order valence-corrected chi connectivity index (χ3v) is 3.37. The summed E-state index contributed by atoms with van der Waals surface area (Å²) in [6.07, 6.45) is 4.11. The number of carbonyl (C=O) groups is 1. The first kappa shape index (κ1) is 15.5. The Labute approximate surface area is 135 Å². The van der Waals surface area contributed by atoms with Gasteiger partial charge < -0.3 is 9.84 Å². The number of hydrogen-bond acceptors (Lipinski definition) is 3. The Morgan fingerprint density at radius 2 is 2.19 bits per heavy atom. The molecule has 0 aliphatic carbocycles. The van der Waals surface area contributed by atoms with Crippen LogP contribution in [0.5, 0.6) is 5.75 Å². The predicted octanol–water partition coefficient (Wildman–Crippen LogP) is 4.17. The number of carboxylic acid groups (broad SMARTS) is 1. The summed E-state index contributed by atoms with van der Waals surface area (Å²) >= 11 is 9.38. The molecule has 0 spiro atoms. The minimum absolute atomic E-state index is 0.265. The molecular weight excluding hydrogens is 358 g/mol. The standard InChI is InChI=1S/C15H11BrClNO3/c16-10-4-5-11(18-8-10)9-21-14-3-1-2-13(17)12(14)6-7-15(19)20/h1-8H,9H2,(H,19,20)/b7-6+. The van der Waals surface area contributed by atoms with Crippen LogP contribution in [0.4, 0.5) is 0 Å². The van der Waals surface area contributed by atoms with E-state index in [1.165, 1.54) is 6.08 Å². The van der Waals surface area contributed by atoms with E-state index in [-0.39, 0.29) is 6.61 Å². The van der Waals surface area contributed by atoms with Gasteiger partial charge in [0.05, 0.1) is 10.7 Å². The number of aromatic nitrogens is 1. The van der Waals surface area contributed by atoms with Crippen LogP contribution in [-0.4, -0.2) is 16.1 Å². The molecule has 1 heterocycles. The smallest absolute Gasteiger partial charge is 0.328 e. The highest BCUT2D eigenvalue weighted by molar-refractivity contribution is 9.10. The molecule has 0 bridgehead atoms. The van der Waals surface area contributed by atoms with E-state index >= 15 is 0 Å². The van der Waals surface area contributed by atoms with E-state index < -0.39 is 5.97 Å². The van der Waals surface area contributed by atoms with Crippen molar-refractivity contribution in [3.8, 4) is 5.75 Å². The van der Waals surface area contributed by atoms with Crippen LogP contribution < -0.4 is 4.74 Å². The Kier molecular flexibility index (Phi) is 5.36. The molecule has 0 saturated heterocycles. The summed E-state index contributed by atoms with van der Waals surface area (Å²) in [6.45, 7) is 0.265. The molecule has 2 rings (SSSR count). The van der Waals surface area contributed by atoms with Gasteiger partial charge in [-0.2, -0.15) is 0 Å². The second-order valence-corrected chi connectivity index (χ2v) is 5.40. The lowest BCUT2D eigenvalue weighted by molar-refractivity contribution is -0.131. The molecule has 0 radical (unpaired) electrons. The van der Waals surface area contributed by atoms with Gasteiger partial charge in [0.15, 0.2) is 0 Å². The third kappa shape index (κ3) is 4.58. The zero-order valence-corrected chi connectivity index (χ0v) is 13.1. The van der Waals surface area contributed by atoms with Crippen LogP contribution in [0.15, 0.2) is 47.1 Å². The fraction of sp³-hybridized carbons (Fsp3) is 0.0667. The van der Waals surface area contributed by atoms with Gasteiger partial charge >= 0.3 is 5.97 Å². The summed E-state index contributed by atoms with van der Waals surface area (Å²) in [5.74, 6) is -0.542. The first-order valence-corrected chi connectivity index (χ1v) is 7.16. The molecule has 1 aromatic carbocycles. The molecule has 0 atom stereocenters. The molecule has 21 heavy (non-hydrogen) atoms. The summed E-state index contributed by atoms with van der Waals surface area (Å²) in [5.41, 5.74) is 1.28. The molecule has 0 saturated carbocycles. The van der Waals surface area contributed by atoms with Crippen molar-refractivity contribution >= 4 is 39.6 Å². The minimum atomic E-state index is -1.05. The fourth-order valence-electron chi connectivity index (χ4n) is 1.60. The molecular formula is C15H11BrClNO3. The predicted molar refractivity (Wildman–Crippen MR) is 84.4 cm³/mol. The van der Waals surface area contributed by atoms with Gasteiger partial charge in [-0.15, -0.1) is 0 Å². The highest BCUT2D eigenvalue weighted by atomic mass is 79.9.